The Labute approximate surface area is 176 Å². The van der Waals surface area contributed by atoms with E-state index in [1.165, 1.54) is 37.9 Å². The van der Waals surface area contributed by atoms with Crippen LogP contribution in [0.3, 0.4) is 0 Å². The summed E-state index contributed by atoms with van der Waals surface area (Å²) in [7, 11) is 0. The molecule has 0 atom stereocenters. The molecular formula is C23H26ClN3O2. The number of phenols is 1. The predicted molar refractivity (Wildman–Crippen MR) is 118 cm³/mol. The van der Waals surface area contributed by atoms with Gasteiger partial charge in [-0.2, -0.15) is 0 Å². The number of aryl methyl sites for hydroxylation is 1. The van der Waals surface area contributed by atoms with Gasteiger partial charge in [-0.05, 0) is 68.2 Å². The van der Waals surface area contributed by atoms with Crippen molar-refractivity contribution < 1.29 is 9.90 Å². The summed E-state index contributed by atoms with van der Waals surface area (Å²) in [6, 6.07) is 10.6. The molecule has 2 aliphatic heterocycles. The molecule has 0 unspecified atom stereocenters. The Kier molecular flexibility index (Phi) is 5.28. The van der Waals surface area contributed by atoms with Crippen LogP contribution in [0.25, 0.3) is 22.2 Å². The van der Waals surface area contributed by atoms with Crippen LogP contribution in [0.5, 0.6) is 5.75 Å². The number of benzene rings is 2. The van der Waals surface area contributed by atoms with Gasteiger partial charge in [-0.1, -0.05) is 12.5 Å². The Morgan fingerprint density at radius 2 is 1.90 bits per heavy atom. The second kappa shape index (κ2) is 7.73. The van der Waals surface area contributed by atoms with Gasteiger partial charge in [0.1, 0.15) is 5.75 Å². The molecule has 3 aromatic rings. The van der Waals surface area contributed by atoms with E-state index >= 15 is 0 Å². The summed E-state index contributed by atoms with van der Waals surface area (Å²) in [6.45, 7) is 5.62. The van der Waals surface area contributed by atoms with E-state index in [4.69, 9.17) is 0 Å². The first-order valence-electron chi connectivity index (χ1n) is 10.1. The monoisotopic (exact) mass is 411 g/mol. The summed E-state index contributed by atoms with van der Waals surface area (Å²) in [6.07, 6.45) is 3.94. The highest BCUT2D eigenvalue weighted by Crippen LogP contribution is 2.37. The lowest BCUT2D eigenvalue weighted by Crippen LogP contribution is -2.28. The first-order chi connectivity index (χ1) is 13.6. The van der Waals surface area contributed by atoms with Gasteiger partial charge in [0.05, 0.1) is 5.56 Å². The Bertz CT molecular complexity index is 1080. The van der Waals surface area contributed by atoms with Crippen LogP contribution in [0.15, 0.2) is 30.3 Å². The van der Waals surface area contributed by atoms with Crippen LogP contribution in [0, 0.1) is 6.92 Å². The van der Waals surface area contributed by atoms with Gasteiger partial charge in [0.2, 0.25) is 0 Å². The molecule has 0 spiro atoms. The molecule has 2 aromatic carbocycles. The van der Waals surface area contributed by atoms with Crippen molar-refractivity contribution in [1.29, 1.82) is 0 Å². The van der Waals surface area contributed by atoms with Crippen molar-refractivity contribution in [3.8, 4) is 17.0 Å². The Balaban J connectivity index is 0.00000205. The zero-order chi connectivity index (χ0) is 19.3. The maximum absolute atomic E-state index is 12.4. The molecular weight excluding hydrogens is 386 g/mol. The molecule has 1 fully saturated rings. The van der Waals surface area contributed by atoms with Crippen molar-refractivity contribution in [3.63, 3.8) is 0 Å². The average Bonchev–Trinajstić information content (AvgIpc) is 3.29. The number of nitrogens with zero attached hydrogens (tertiary/aromatic N) is 1. The summed E-state index contributed by atoms with van der Waals surface area (Å²) in [5.74, 6) is 0.0989. The molecule has 3 heterocycles. The summed E-state index contributed by atoms with van der Waals surface area (Å²) >= 11 is 0. The number of nitrogens with one attached hydrogen (secondary N) is 2. The van der Waals surface area contributed by atoms with E-state index in [1.807, 2.05) is 13.0 Å². The third kappa shape index (κ3) is 3.49. The first kappa shape index (κ1) is 19.8. The topological polar surface area (TPSA) is 68.4 Å². The molecule has 29 heavy (non-hydrogen) atoms. The summed E-state index contributed by atoms with van der Waals surface area (Å²) in [5.41, 5.74) is 6.23. The number of fused-ring (bicyclic) bond motifs is 2. The van der Waals surface area contributed by atoms with Gasteiger partial charge in [-0.3, -0.25) is 9.69 Å². The van der Waals surface area contributed by atoms with Crippen LogP contribution >= 0.6 is 12.4 Å². The van der Waals surface area contributed by atoms with E-state index < -0.39 is 0 Å². The minimum Gasteiger partial charge on any atom is -0.507 e. The van der Waals surface area contributed by atoms with Crippen molar-refractivity contribution in [2.24, 2.45) is 0 Å². The normalized spacial score (nSPS) is 16.5. The van der Waals surface area contributed by atoms with Gasteiger partial charge in [0.25, 0.3) is 5.91 Å². The minimum absolute atomic E-state index is 0. The maximum atomic E-state index is 12.4. The Hall–Kier alpha value is -2.50. The third-order valence-electron chi connectivity index (χ3n) is 6.07. The quantitative estimate of drug-likeness (QED) is 0.594. The summed E-state index contributed by atoms with van der Waals surface area (Å²) in [4.78, 5) is 18.4. The number of aromatic hydroxyl groups is 1. The summed E-state index contributed by atoms with van der Waals surface area (Å²) < 4.78 is 0. The maximum Gasteiger partial charge on any atom is 0.252 e. The lowest BCUT2D eigenvalue weighted by molar-refractivity contribution is 0.0966. The molecule has 1 aromatic heterocycles. The number of piperidine rings is 1. The number of carbonyl (C=O) groups excluding carboxylic acids is 1. The standard InChI is InChI=1S/C23H25N3O2.ClH/c1-14-9-17(21-18(22(14)27)12-24-23(21)28)20-11-16-10-15(5-6-19(16)25-20)13-26-7-3-2-4-8-26;/h5-6,9-11,25,27H,2-4,7-8,12-13H2,1H3,(H,24,28);1H. The van der Waals surface area contributed by atoms with E-state index in [9.17, 15) is 9.90 Å². The number of likely N-dealkylation sites (tertiary alicyclic amines) is 1. The summed E-state index contributed by atoms with van der Waals surface area (Å²) in [5, 5.41) is 14.3. The molecule has 0 radical (unpaired) electrons. The third-order valence-corrected chi connectivity index (χ3v) is 6.07. The lowest BCUT2D eigenvalue weighted by atomic mass is 9.96. The van der Waals surface area contributed by atoms with Gasteiger partial charge in [0, 0.05) is 40.8 Å². The van der Waals surface area contributed by atoms with E-state index in [0.717, 1.165) is 34.3 Å². The fourth-order valence-corrected chi connectivity index (χ4v) is 4.58. The van der Waals surface area contributed by atoms with E-state index in [2.05, 4.69) is 39.5 Å². The van der Waals surface area contributed by atoms with Crippen molar-refractivity contribution >= 4 is 29.2 Å². The fourth-order valence-electron chi connectivity index (χ4n) is 4.58. The molecule has 0 aliphatic carbocycles. The van der Waals surface area contributed by atoms with Gasteiger partial charge in [0.15, 0.2) is 0 Å². The molecule has 1 amide bonds. The lowest BCUT2D eigenvalue weighted by Gasteiger charge is -2.26. The number of carbonyl (C=O) groups is 1. The zero-order valence-electron chi connectivity index (χ0n) is 16.5. The second-order valence-corrected chi connectivity index (χ2v) is 8.07. The molecule has 0 bridgehead atoms. The number of H-pyrrole nitrogens is 1. The zero-order valence-corrected chi connectivity index (χ0v) is 17.4. The van der Waals surface area contributed by atoms with Gasteiger partial charge < -0.3 is 15.4 Å². The van der Waals surface area contributed by atoms with Crippen molar-refractivity contribution in [2.45, 2.75) is 39.3 Å². The van der Waals surface area contributed by atoms with Crippen molar-refractivity contribution in [1.82, 2.24) is 15.2 Å². The van der Waals surface area contributed by atoms with Crippen molar-refractivity contribution in [3.05, 3.63) is 52.6 Å². The van der Waals surface area contributed by atoms with Crippen LogP contribution in [0.2, 0.25) is 0 Å². The van der Waals surface area contributed by atoms with E-state index in [0.29, 0.717) is 17.7 Å². The van der Waals surface area contributed by atoms with Crippen LogP contribution < -0.4 is 5.32 Å². The van der Waals surface area contributed by atoms with Gasteiger partial charge in [-0.15, -0.1) is 12.4 Å². The number of aromatic nitrogens is 1. The molecule has 152 valence electrons. The molecule has 3 N–H and O–H groups in total. The second-order valence-electron chi connectivity index (χ2n) is 8.07. The van der Waals surface area contributed by atoms with Crippen LogP contribution in [-0.4, -0.2) is 34.0 Å². The number of hydrogen-bond donors (Lipinski definition) is 3. The SMILES string of the molecule is Cc1cc(-c2cc3cc(CN4CCCCC4)ccc3[nH]2)c2c(c1O)CNC2=O.Cl. The number of hydrogen-bond acceptors (Lipinski definition) is 3. The number of halogens is 1. The van der Waals surface area contributed by atoms with Crippen LogP contribution in [-0.2, 0) is 13.1 Å². The molecule has 2 aliphatic rings. The average molecular weight is 412 g/mol. The predicted octanol–water partition coefficient (Wildman–Crippen LogP) is 4.50. The fraction of sp³-hybridized carbons (Fsp3) is 0.348. The largest absolute Gasteiger partial charge is 0.507 e. The highest BCUT2D eigenvalue weighted by Gasteiger charge is 2.28. The molecule has 5 nitrogen and oxygen atoms in total. The Morgan fingerprint density at radius 1 is 1.10 bits per heavy atom. The number of rotatable bonds is 3. The van der Waals surface area contributed by atoms with E-state index in [1.54, 1.807) is 0 Å². The van der Waals surface area contributed by atoms with Crippen LogP contribution in [0.4, 0.5) is 0 Å². The smallest absolute Gasteiger partial charge is 0.252 e. The number of amides is 1. The van der Waals surface area contributed by atoms with E-state index in [-0.39, 0.29) is 24.1 Å². The minimum atomic E-state index is -0.121. The van der Waals surface area contributed by atoms with Crippen LogP contribution in [0.1, 0.15) is 46.3 Å². The Morgan fingerprint density at radius 3 is 2.69 bits per heavy atom. The molecule has 0 saturated carbocycles. The van der Waals surface area contributed by atoms with Gasteiger partial charge in [-0.25, -0.2) is 0 Å². The van der Waals surface area contributed by atoms with Crippen molar-refractivity contribution in [2.75, 3.05) is 13.1 Å². The number of aromatic amines is 1. The molecule has 5 rings (SSSR count). The van der Waals surface area contributed by atoms with Gasteiger partial charge >= 0.3 is 0 Å². The highest BCUT2D eigenvalue weighted by molar-refractivity contribution is 6.06. The molecule has 1 saturated heterocycles. The first-order valence-corrected chi connectivity index (χ1v) is 10.1. The molecule has 6 heteroatoms. The number of phenolic OH excluding ortho intramolecular Hbond substituents is 1. The highest BCUT2D eigenvalue weighted by atomic mass is 35.5.